The van der Waals surface area contributed by atoms with Crippen molar-refractivity contribution in [2.45, 2.75) is 52.2 Å². The lowest BCUT2D eigenvalue weighted by Gasteiger charge is -2.51. The van der Waals surface area contributed by atoms with Crippen LogP contribution in [0.4, 0.5) is 0 Å². The molecule has 0 amide bonds. The Labute approximate surface area is 173 Å². The van der Waals surface area contributed by atoms with E-state index in [0.29, 0.717) is 13.0 Å². The van der Waals surface area contributed by atoms with Crippen LogP contribution in [0.15, 0.2) is 60.2 Å². The Kier molecular flexibility index (Phi) is 5.60. The highest BCUT2D eigenvalue weighted by atomic mass is 16.5. The summed E-state index contributed by atoms with van der Waals surface area (Å²) >= 11 is 0. The van der Waals surface area contributed by atoms with Crippen molar-refractivity contribution in [2.24, 2.45) is 17.3 Å². The van der Waals surface area contributed by atoms with E-state index in [0.717, 1.165) is 41.7 Å². The lowest BCUT2D eigenvalue weighted by atomic mass is 9.54. The van der Waals surface area contributed by atoms with E-state index in [9.17, 15) is 9.90 Å². The molecule has 0 aliphatic heterocycles. The van der Waals surface area contributed by atoms with Crippen molar-refractivity contribution in [3.63, 3.8) is 0 Å². The summed E-state index contributed by atoms with van der Waals surface area (Å²) in [6, 6.07) is 17.9. The SMILES string of the molecule is CC1C(=O)/C(=C\c2ccccc2OCc2ccccc2)C[C@@]2(C)C1CCC[C@@H]2O. The molecule has 0 bridgehead atoms. The van der Waals surface area contributed by atoms with Crippen molar-refractivity contribution < 1.29 is 14.6 Å². The Balaban J connectivity index is 1.61. The molecule has 4 rings (SSSR count). The van der Waals surface area contributed by atoms with Gasteiger partial charge in [-0.15, -0.1) is 0 Å². The summed E-state index contributed by atoms with van der Waals surface area (Å²) in [5.74, 6) is 1.22. The van der Waals surface area contributed by atoms with Crippen LogP contribution < -0.4 is 4.74 Å². The molecule has 3 heteroatoms. The highest BCUT2D eigenvalue weighted by Gasteiger charge is 2.51. The molecule has 3 nitrogen and oxygen atoms in total. The maximum absolute atomic E-state index is 13.1. The first kappa shape index (κ1) is 19.9. The Morgan fingerprint density at radius 3 is 2.62 bits per heavy atom. The minimum atomic E-state index is -0.343. The predicted molar refractivity (Wildman–Crippen MR) is 115 cm³/mol. The summed E-state index contributed by atoms with van der Waals surface area (Å²) in [5, 5.41) is 10.8. The van der Waals surface area contributed by atoms with Gasteiger partial charge in [-0.3, -0.25) is 4.79 Å². The van der Waals surface area contributed by atoms with E-state index in [1.54, 1.807) is 0 Å². The van der Waals surface area contributed by atoms with Crippen molar-refractivity contribution in [1.29, 1.82) is 0 Å². The molecule has 1 N–H and O–H groups in total. The number of hydrogen-bond acceptors (Lipinski definition) is 3. The number of fused-ring (bicyclic) bond motifs is 1. The van der Waals surface area contributed by atoms with E-state index < -0.39 is 0 Å². The maximum Gasteiger partial charge on any atom is 0.161 e. The fourth-order valence-electron chi connectivity index (χ4n) is 5.26. The lowest BCUT2D eigenvalue weighted by Crippen LogP contribution is -2.51. The molecule has 4 atom stereocenters. The zero-order valence-electron chi connectivity index (χ0n) is 17.3. The van der Waals surface area contributed by atoms with Gasteiger partial charge in [-0.05, 0) is 48.5 Å². The number of ether oxygens (including phenoxy) is 1. The smallest absolute Gasteiger partial charge is 0.161 e. The Morgan fingerprint density at radius 1 is 1.10 bits per heavy atom. The van der Waals surface area contributed by atoms with E-state index in [4.69, 9.17) is 4.74 Å². The number of allylic oxidation sites excluding steroid dienone is 1. The number of hydrogen-bond donors (Lipinski definition) is 1. The number of para-hydroxylation sites is 1. The minimum absolute atomic E-state index is 0.0488. The van der Waals surface area contributed by atoms with E-state index >= 15 is 0 Å². The lowest BCUT2D eigenvalue weighted by molar-refractivity contribution is -0.133. The maximum atomic E-state index is 13.1. The normalized spacial score (nSPS) is 30.8. The summed E-state index contributed by atoms with van der Waals surface area (Å²) in [7, 11) is 0. The number of ketones is 1. The topological polar surface area (TPSA) is 46.5 Å². The Hall–Kier alpha value is -2.39. The third-order valence-corrected chi connectivity index (χ3v) is 6.99. The first-order chi connectivity index (χ1) is 14.0. The van der Waals surface area contributed by atoms with E-state index in [2.05, 4.69) is 6.92 Å². The first-order valence-corrected chi connectivity index (χ1v) is 10.7. The molecule has 0 aromatic heterocycles. The van der Waals surface area contributed by atoms with Crippen LogP contribution in [0.3, 0.4) is 0 Å². The van der Waals surface area contributed by atoms with Crippen LogP contribution in [0.1, 0.15) is 50.7 Å². The molecule has 2 aliphatic rings. The quantitative estimate of drug-likeness (QED) is 0.709. The highest BCUT2D eigenvalue weighted by Crippen LogP contribution is 2.53. The molecule has 0 heterocycles. The predicted octanol–water partition coefficient (Wildman–Crippen LogP) is 5.43. The fourth-order valence-corrected chi connectivity index (χ4v) is 5.26. The van der Waals surface area contributed by atoms with Gasteiger partial charge in [0, 0.05) is 16.9 Å². The molecule has 0 spiro atoms. The highest BCUT2D eigenvalue weighted by molar-refractivity contribution is 6.02. The number of rotatable bonds is 4. The van der Waals surface area contributed by atoms with Crippen molar-refractivity contribution in [3.05, 3.63) is 71.3 Å². The van der Waals surface area contributed by atoms with Crippen molar-refractivity contribution in [1.82, 2.24) is 0 Å². The summed E-state index contributed by atoms with van der Waals surface area (Å²) < 4.78 is 6.07. The molecular weight excluding hydrogens is 360 g/mol. The van der Waals surface area contributed by atoms with Gasteiger partial charge in [-0.25, -0.2) is 0 Å². The van der Waals surface area contributed by atoms with Gasteiger partial charge in [0.2, 0.25) is 0 Å². The third-order valence-electron chi connectivity index (χ3n) is 6.99. The average molecular weight is 391 g/mol. The van der Waals surface area contributed by atoms with Gasteiger partial charge in [-0.2, -0.15) is 0 Å². The van der Waals surface area contributed by atoms with Crippen molar-refractivity contribution in [3.8, 4) is 5.75 Å². The Bertz CT molecular complexity index is 901. The van der Waals surface area contributed by atoms with E-state index in [1.165, 1.54) is 0 Å². The monoisotopic (exact) mass is 390 g/mol. The van der Waals surface area contributed by atoms with E-state index in [1.807, 2.05) is 67.6 Å². The molecule has 0 saturated heterocycles. The zero-order chi connectivity index (χ0) is 20.4. The van der Waals surface area contributed by atoms with Crippen molar-refractivity contribution >= 4 is 11.9 Å². The largest absolute Gasteiger partial charge is 0.488 e. The van der Waals surface area contributed by atoms with Crippen LogP contribution in [-0.4, -0.2) is 17.0 Å². The second kappa shape index (κ2) is 8.16. The summed E-state index contributed by atoms with van der Waals surface area (Å²) in [6.07, 6.45) is 5.15. The van der Waals surface area contributed by atoms with Gasteiger partial charge in [-0.1, -0.05) is 68.8 Å². The van der Waals surface area contributed by atoms with Gasteiger partial charge >= 0.3 is 0 Å². The Morgan fingerprint density at radius 2 is 1.83 bits per heavy atom. The van der Waals surface area contributed by atoms with E-state index in [-0.39, 0.29) is 29.1 Å². The molecule has 2 aliphatic carbocycles. The van der Waals surface area contributed by atoms with Crippen LogP contribution in [0, 0.1) is 17.3 Å². The van der Waals surface area contributed by atoms with Gasteiger partial charge in [0.15, 0.2) is 5.78 Å². The molecule has 29 heavy (non-hydrogen) atoms. The van der Waals surface area contributed by atoms with Gasteiger partial charge in [0.05, 0.1) is 6.10 Å². The van der Waals surface area contributed by atoms with Crippen LogP contribution >= 0.6 is 0 Å². The summed E-state index contributed by atoms with van der Waals surface area (Å²) in [6.45, 7) is 4.69. The third kappa shape index (κ3) is 3.89. The van der Waals surface area contributed by atoms with Crippen LogP contribution in [0.5, 0.6) is 5.75 Å². The first-order valence-electron chi connectivity index (χ1n) is 10.7. The second-order valence-electron chi connectivity index (χ2n) is 8.87. The molecular formula is C26H30O3. The molecule has 2 fully saturated rings. The zero-order valence-corrected chi connectivity index (χ0v) is 17.3. The average Bonchev–Trinajstić information content (AvgIpc) is 2.73. The number of carbonyl (C=O) groups is 1. The second-order valence-corrected chi connectivity index (χ2v) is 8.87. The summed E-state index contributed by atoms with van der Waals surface area (Å²) in [5.41, 5.74) is 2.62. The molecule has 152 valence electrons. The number of aliphatic hydroxyl groups excluding tert-OH is 1. The van der Waals surface area contributed by atoms with Crippen molar-refractivity contribution in [2.75, 3.05) is 0 Å². The molecule has 2 aromatic carbocycles. The summed E-state index contributed by atoms with van der Waals surface area (Å²) in [4.78, 5) is 13.1. The molecule has 0 radical (unpaired) electrons. The van der Waals surface area contributed by atoms with Crippen LogP contribution in [-0.2, 0) is 11.4 Å². The minimum Gasteiger partial charge on any atom is -0.488 e. The van der Waals surface area contributed by atoms with Gasteiger partial charge < -0.3 is 9.84 Å². The van der Waals surface area contributed by atoms with Crippen LogP contribution in [0.25, 0.3) is 6.08 Å². The molecule has 2 aromatic rings. The molecule has 2 unspecified atom stereocenters. The standard InChI is InChI=1S/C26H30O3/c1-18-22-12-8-14-24(27)26(22,2)16-21(25(18)28)15-20-11-6-7-13-23(20)29-17-19-9-4-3-5-10-19/h3-7,9-11,13,15,18,22,24,27H,8,12,14,16-17H2,1-2H3/b21-15-/t18?,22?,24-,26-/m0/s1. The number of carbonyl (C=O) groups excluding carboxylic acids is 1. The molecule has 2 saturated carbocycles. The number of benzene rings is 2. The number of aliphatic hydroxyl groups is 1. The fraction of sp³-hybridized carbons (Fsp3) is 0.423. The number of Topliss-reactive ketones (excluding diaryl/α,β-unsaturated/α-hetero) is 1. The van der Waals surface area contributed by atoms with Gasteiger partial charge in [0.25, 0.3) is 0 Å². The van der Waals surface area contributed by atoms with Crippen LogP contribution in [0.2, 0.25) is 0 Å². The van der Waals surface area contributed by atoms with Gasteiger partial charge in [0.1, 0.15) is 12.4 Å².